The van der Waals surface area contributed by atoms with Crippen molar-refractivity contribution in [2.45, 2.75) is 12.5 Å². The van der Waals surface area contributed by atoms with Crippen molar-refractivity contribution in [3.63, 3.8) is 0 Å². The number of esters is 1. The van der Waals surface area contributed by atoms with Crippen molar-refractivity contribution < 1.29 is 23.8 Å². The second-order valence-corrected chi connectivity index (χ2v) is 4.34. The molecule has 0 aliphatic carbocycles. The number of anilines is 1. The minimum atomic E-state index is -0.631. The Hall–Kier alpha value is -2.08. The number of carbonyl (C=O) groups is 2. The summed E-state index contributed by atoms with van der Waals surface area (Å²) in [6.07, 6.45) is 0.465. The third-order valence-electron chi connectivity index (χ3n) is 3.10. The van der Waals surface area contributed by atoms with E-state index in [-0.39, 0.29) is 12.5 Å². The van der Waals surface area contributed by atoms with Gasteiger partial charge in [0, 0.05) is 13.5 Å². The number of amides is 1. The van der Waals surface area contributed by atoms with Gasteiger partial charge in [0.25, 0.3) is 5.91 Å². The van der Waals surface area contributed by atoms with Crippen molar-refractivity contribution in [3.8, 4) is 5.75 Å². The quantitative estimate of drug-likeness (QED) is 0.752. The molecule has 2 rings (SSSR count). The third kappa shape index (κ3) is 2.75. The molecular weight excluding hydrogens is 262 g/mol. The summed E-state index contributed by atoms with van der Waals surface area (Å²) in [5, 5.41) is 0. The van der Waals surface area contributed by atoms with E-state index in [1.165, 1.54) is 19.1 Å². The molecule has 0 aromatic heterocycles. The number of cyclic esters (lactones) is 1. The zero-order valence-corrected chi connectivity index (χ0v) is 11.5. The van der Waals surface area contributed by atoms with Crippen LogP contribution in [0.5, 0.6) is 5.75 Å². The first kappa shape index (κ1) is 14.3. The first-order valence-electron chi connectivity index (χ1n) is 6.29. The second kappa shape index (κ2) is 6.38. The van der Waals surface area contributed by atoms with Crippen molar-refractivity contribution in [2.24, 2.45) is 0 Å². The van der Waals surface area contributed by atoms with E-state index in [0.29, 0.717) is 24.5 Å². The van der Waals surface area contributed by atoms with E-state index in [4.69, 9.17) is 14.2 Å². The van der Waals surface area contributed by atoms with Crippen LogP contribution in [-0.2, 0) is 19.1 Å². The molecule has 1 aliphatic rings. The maximum atomic E-state index is 12.3. The molecular formula is C14H17NO5. The standard InChI is InChI=1S/C14H17NO5/c1-18-9-13(16)15(11-7-8-20-14(11)17)10-5-3-4-6-12(10)19-2/h3-6,11H,7-9H2,1-2H3. The normalized spacial score (nSPS) is 17.7. The number of benzene rings is 1. The van der Waals surface area contributed by atoms with Gasteiger partial charge in [0.15, 0.2) is 0 Å². The molecule has 1 saturated heterocycles. The number of para-hydroxylation sites is 2. The molecule has 0 saturated carbocycles. The van der Waals surface area contributed by atoms with E-state index in [1.54, 1.807) is 24.3 Å². The molecule has 1 heterocycles. The zero-order valence-electron chi connectivity index (χ0n) is 11.5. The van der Waals surface area contributed by atoms with Crippen molar-refractivity contribution in [2.75, 3.05) is 32.3 Å². The highest BCUT2D eigenvalue weighted by Crippen LogP contribution is 2.31. The van der Waals surface area contributed by atoms with Gasteiger partial charge in [-0.25, -0.2) is 4.79 Å². The Morgan fingerprint density at radius 1 is 1.40 bits per heavy atom. The van der Waals surface area contributed by atoms with E-state index in [2.05, 4.69) is 0 Å². The molecule has 1 atom stereocenters. The lowest BCUT2D eigenvalue weighted by Gasteiger charge is -2.27. The van der Waals surface area contributed by atoms with Crippen molar-refractivity contribution in [1.29, 1.82) is 0 Å². The van der Waals surface area contributed by atoms with Crippen LogP contribution in [0.1, 0.15) is 6.42 Å². The van der Waals surface area contributed by atoms with E-state index in [0.717, 1.165) is 0 Å². The van der Waals surface area contributed by atoms with Crippen LogP contribution in [0, 0.1) is 0 Å². The van der Waals surface area contributed by atoms with Crippen LogP contribution in [0.4, 0.5) is 5.69 Å². The molecule has 6 nitrogen and oxygen atoms in total. The van der Waals surface area contributed by atoms with E-state index < -0.39 is 12.0 Å². The van der Waals surface area contributed by atoms with Crippen LogP contribution < -0.4 is 9.64 Å². The first-order valence-corrected chi connectivity index (χ1v) is 6.29. The van der Waals surface area contributed by atoms with Crippen LogP contribution in [-0.4, -0.2) is 45.4 Å². The fourth-order valence-corrected chi connectivity index (χ4v) is 2.22. The fraction of sp³-hybridized carbons (Fsp3) is 0.429. The highest BCUT2D eigenvalue weighted by atomic mass is 16.5. The van der Waals surface area contributed by atoms with Crippen LogP contribution in [0.3, 0.4) is 0 Å². The number of ether oxygens (including phenoxy) is 3. The molecule has 20 heavy (non-hydrogen) atoms. The minimum Gasteiger partial charge on any atom is -0.495 e. The van der Waals surface area contributed by atoms with Gasteiger partial charge in [-0.05, 0) is 12.1 Å². The summed E-state index contributed by atoms with van der Waals surface area (Å²) in [6.45, 7) is 0.206. The highest BCUT2D eigenvalue weighted by Gasteiger charge is 2.37. The monoisotopic (exact) mass is 279 g/mol. The summed E-state index contributed by atoms with van der Waals surface area (Å²) < 4.78 is 15.1. The van der Waals surface area contributed by atoms with Gasteiger partial charge in [-0.15, -0.1) is 0 Å². The Balaban J connectivity index is 2.40. The third-order valence-corrected chi connectivity index (χ3v) is 3.10. The highest BCUT2D eigenvalue weighted by molar-refractivity contribution is 6.01. The lowest BCUT2D eigenvalue weighted by molar-refractivity contribution is -0.140. The minimum absolute atomic E-state index is 0.109. The Morgan fingerprint density at radius 3 is 2.75 bits per heavy atom. The van der Waals surface area contributed by atoms with Gasteiger partial charge in [0.05, 0.1) is 19.4 Å². The van der Waals surface area contributed by atoms with Crippen LogP contribution in [0.15, 0.2) is 24.3 Å². The molecule has 1 aromatic carbocycles. The first-order chi connectivity index (χ1) is 9.69. The Bertz CT molecular complexity index is 502. The van der Waals surface area contributed by atoms with Gasteiger partial charge in [0.2, 0.25) is 0 Å². The van der Waals surface area contributed by atoms with Crippen LogP contribution in [0.25, 0.3) is 0 Å². The molecule has 108 valence electrons. The molecule has 0 bridgehead atoms. The summed E-state index contributed by atoms with van der Waals surface area (Å²) in [4.78, 5) is 25.5. The summed E-state index contributed by atoms with van der Waals surface area (Å²) in [6, 6.07) is 6.43. The Kier molecular flexibility index (Phi) is 4.57. The molecule has 0 N–H and O–H groups in total. The maximum Gasteiger partial charge on any atom is 0.329 e. The summed E-state index contributed by atoms with van der Waals surface area (Å²) in [7, 11) is 2.95. The zero-order chi connectivity index (χ0) is 14.5. The maximum absolute atomic E-state index is 12.3. The predicted octanol–water partition coefficient (Wildman–Crippen LogP) is 0.990. The van der Waals surface area contributed by atoms with Crippen molar-refractivity contribution in [1.82, 2.24) is 0 Å². The molecule has 1 aliphatic heterocycles. The number of nitrogens with zero attached hydrogens (tertiary/aromatic N) is 1. The Morgan fingerprint density at radius 2 is 2.15 bits per heavy atom. The van der Waals surface area contributed by atoms with Gasteiger partial charge in [-0.1, -0.05) is 12.1 Å². The fourth-order valence-electron chi connectivity index (χ4n) is 2.22. The van der Waals surface area contributed by atoms with E-state index >= 15 is 0 Å². The number of hydrogen-bond donors (Lipinski definition) is 0. The average molecular weight is 279 g/mol. The van der Waals surface area contributed by atoms with Gasteiger partial charge >= 0.3 is 5.97 Å². The lowest BCUT2D eigenvalue weighted by Crippen LogP contribution is -2.45. The number of hydrogen-bond acceptors (Lipinski definition) is 5. The molecule has 1 fully saturated rings. The second-order valence-electron chi connectivity index (χ2n) is 4.34. The molecule has 0 radical (unpaired) electrons. The lowest BCUT2D eigenvalue weighted by atomic mass is 10.1. The predicted molar refractivity (Wildman–Crippen MR) is 71.7 cm³/mol. The topological polar surface area (TPSA) is 65.1 Å². The Labute approximate surface area is 117 Å². The SMILES string of the molecule is COCC(=O)N(c1ccccc1OC)C1CCOC1=O. The van der Waals surface area contributed by atoms with Crippen LogP contribution in [0.2, 0.25) is 0 Å². The molecule has 0 spiro atoms. The largest absolute Gasteiger partial charge is 0.495 e. The van der Waals surface area contributed by atoms with Crippen molar-refractivity contribution in [3.05, 3.63) is 24.3 Å². The van der Waals surface area contributed by atoms with Gasteiger partial charge in [0.1, 0.15) is 18.4 Å². The van der Waals surface area contributed by atoms with E-state index in [9.17, 15) is 9.59 Å². The number of carbonyl (C=O) groups excluding carboxylic acids is 2. The van der Waals surface area contributed by atoms with Gasteiger partial charge in [-0.3, -0.25) is 9.69 Å². The average Bonchev–Trinajstić information content (AvgIpc) is 2.86. The smallest absolute Gasteiger partial charge is 0.329 e. The van der Waals surface area contributed by atoms with Gasteiger partial charge < -0.3 is 14.2 Å². The van der Waals surface area contributed by atoms with Crippen molar-refractivity contribution >= 4 is 17.6 Å². The number of methoxy groups -OCH3 is 2. The summed E-state index contributed by atoms with van der Waals surface area (Å²) >= 11 is 0. The van der Waals surface area contributed by atoms with Gasteiger partial charge in [-0.2, -0.15) is 0 Å². The molecule has 1 unspecified atom stereocenters. The summed E-state index contributed by atoms with van der Waals surface area (Å²) in [5.41, 5.74) is 0.543. The summed E-state index contributed by atoms with van der Waals surface area (Å²) in [5.74, 6) is -0.183. The number of rotatable bonds is 5. The van der Waals surface area contributed by atoms with E-state index in [1.807, 2.05) is 0 Å². The molecule has 1 aromatic rings. The molecule has 1 amide bonds. The van der Waals surface area contributed by atoms with Crippen LogP contribution >= 0.6 is 0 Å². The molecule has 6 heteroatoms.